The Bertz CT molecular complexity index is 842. The lowest BCUT2D eigenvalue weighted by molar-refractivity contribution is -0.133. The van der Waals surface area contributed by atoms with E-state index in [0.717, 1.165) is 12.0 Å². The fourth-order valence-electron chi connectivity index (χ4n) is 3.01. The fourth-order valence-corrected chi connectivity index (χ4v) is 3.14. The lowest BCUT2D eigenvalue weighted by atomic mass is 10.1. The van der Waals surface area contributed by atoms with Gasteiger partial charge in [-0.2, -0.15) is 0 Å². The van der Waals surface area contributed by atoms with Crippen molar-refractivity contribution in [3.63, 3.8) is 0 Å². The van der Waals surface area contributed by atoms with E-state index in [9.17, 15) is 9.59 Å². The maximum atomic E-state index is 12.8. The molecule has 3 rings (SSSR count). The van der Waals surface area contributed by atoms with E-state index in [1.807, 2.05) is 12.1 Å². The third kappa shape index (κ3) is 4.14. The molecule has 0 spiro atoms. The SMILES string of the molecule is C/C(=C\c1ccc(Cl)cc1)C(=O)N1CCC[C@H]1C(=O)Nc1cc(C)on1. The zero-order valence-electron chi connectivity index (χ0n) is 14.7. The van der Waals surface area contributed by atoms with Crippen molar-refractivity contribution in [2.24, 2.45) is 0 Å². The van der Waals surface area contributed by atoms with Crippen molar-refractivity contribution in [2.45, 2.75) is 32.7 Å². The van der Waals surface area contributed by atoms with Crippen LogP contribution in [0, 0.1) is 6.92 Å². The molecule has 1 aromatic heterocycles. The van der Waals surface area contributed by atoms with Crippen LogP contribution < -0.4 is 5.32 Å². The number of amides is 2. The van der Waals surface area contributed by atoms with E-state index in [0.29, 0.717) is 35.1 Å². The number of likely N-dealkylation sites (tertiary alicyclic amines) is 1. The number of anilines is 1. The molecule has 0 saturated carbocycles. The molecule has 1 aromatic carbocycles. The monoisotopic (exact) mass is 373 g/mol. The number of nitrogens with one attached hydrogen (secondary N) is 1. The molecule has 136 valence electrons. The van der Waals surface area contributed by atoms with Crippen LogP contribution in [-0.4, -0.2) is 34.5 Å². The van der Waals surface area contributed by atoms with Crippen LogP contribution >= 0.6 is 11.6 Å². The summed E-state index contributed by atoms with van der Waals surface area (Å²) < 4.78 is 4.95. The Balaban J connectivity index is 1.71. The number of benzene rings is 1. The first kappa shape index (κ1) is 18.2. The second-order valence-electron chi connectivity index (χ2n) is 6.35. The van der Waals surface area contributed by atoms with E-state index in [1.54, 1.807) is 43.0 Å². The van der Waals surface area contributed by atoms with Gasteiger partial charge in [-0.25, -0.2) is 0 Å². The van der Waals surface area contributed by atoms with Crippen LogP contribution in [0.2, 0.25) is 5.02 Å². The van der Waals surface area contributed by atoms with E-state index in [-0.39, 0.29) is 11.8 Å². The fraction of sp³-hybridized carbons (Fsp3) is 0.316. The van der Waals surface area contributed by atoms with Gasteiger partial charge in [-0.05, 0) is 50.5 Å². The number of nitrogens with zero attached hydrogens (tertiary/aromatic N) is 2. The Labute approximate surface area is 156 Å². The van der Waals surface area contributed by atoms with Gasteiger partial charge in [0.15, 0.2) is 5.82 Å². The maximum Gasteiger partial charge on any atom is 0.250 e. The molecule has 1 aliphatic rings. The van der Waals surface area contributed by atoms with Crippen molar-refractivity contribution >= 4 is 35.3 Å². The first-order valence-corrected chi connectivity index (χ1v) is 8.81. The molecule has 7 heteroatoms. The van der Waals surface area contributed by atoms with Gasteiger partial charge in [0, 0.05) is 23.2 Å². The molecule has 2 heterocycles. The zero-order chi connectivity index (χ0) is 18.7. The Morgan fingerprint density at radius 2 is 2.08 bits per heavy atom. The molecule has 1 fully saturated rings. The van der Waals surface area contributed by atoms with Crippen LogP contribution in [0.3, 0.4) is 0 Å². The van der Waals surface area contributed by atoms with Crippen LogP contribution in [0.15, 0.2) is 40.4 Å². The molecule has 2 amide bonds. The highest BCUT2D eigenvalue weighted by Crippen LogP contribution is 2.22. The summed E-state index contributed by atoms with van der Waals surface area (Å²) in [6.45, 7) is 4.06. The first-order valence-electron chi connectivity index (χ1n) is 8.43. The van der Waals surface area contributed by atoms with Gasteiger partial charge in [0.2, 0.25) is 11.8 Å². The number of rotatable bonds is 4. The van der Waals surface area contributed by atoms with Gasteiger partial charge in [-0.15, -0.1) is 0 Å². The van der Waals surface area contributed by atoms with E-state index in [1.165, 1.54) is 0 Å². The summed E-state index contributed by atoms with van der Waals surface area (Å²) in [4.78, 5) is 27.0. The summed E-state index contributed by atoms with van der Waals surface area (Å²) in [7, 11) is 0. The Morgan fingerprint density at radius 1 is 1.35 bits per heavy atom. The second kappa shape index (κ2) is 7.74. The van der Waals surface area contributed by atoms with Crippen molar-refractivity contribution < 1.29 is 14.1 Å². The molecule has 26 heavy (non-hydrogen) atoms. The topological polar surface area (TPSA) is 75.4 Å². The molecule has 0 bridgehead atoms. The van der Waals surface area contributed by atoms with Crippen LogP contribution in [0.5, 0.6) is 0 Å². The van der Waals surface area contributed by atoms with Gasteiger partial charge >= 0.3 is 0 Å². The molecule has 2 aromatic rings. The van der Waals surface area contributed by atoms with Crippen LogP contribution in [0.1, 0.15) is 31.1 Å². The summed E-state index contributed by atoms with van der Waals surface area (Å²) in [5.74, 6) is 0.582. The van der Waals surface area contributed by atoms with Gasteiger partial charge in [-0.1, -0.05) is 28.9 Å². The molecule has 1 N–H and O–H groups in total. The Kier molecular flexibility index (Phi) is 5.42. The largest absolute Gasteiger partial charge is 0.360 e. The van der Waals surface area contributed by atoms with Crippen molar-refractivity contribution in [1.82, 2.24) is 10.1 Å². The highest BCUT2D eigenvalue weighted by atomic mass is 35.5. The number of hydrogen-bond acceptors (Lipinski definition) is 4. The van der Waals surface area contributed by atoms with Gasteiger partial charge < -0.3 is 14.7 Å². The van der Waals surface area contributed by atoms with Gasteiger partial charge in [0.25, 0.3) is 0 Å². The number of aryl methyl sites for hydroxylation is 1. The molecular formula is C19H20ClN3O3. The summed E-state index contributed by atoms with van der Waals surface area (Å²) in [6.07, 6.45) is 3.21. The molecule has 0 aliphatic carbocycles. The lowest BCUT2D eigenvalue weighted by Gasteiger charge is -2.24. The predicted octanol–water partition coefficient (Wildman–Crippen LogP) is 3.67. The summed E-state index contributed by atoms with van der Waals surface area (Å²) in [5, 5.41) is 7.12. The third-order valence-electron chi connectivity index (χ3n) is 4.29. The number of hydrogen-bond donors (Lipinski definition) is 1. The maximum absolute atomic E-state index is 12.8. The second-order valence-corrected chi connectivity index (χ2v) is 6.78. The summed E-state index contributed by atoms with van der Waals surface area (Å²) in [5.41, 5.74) is 1.46. The molecule has 1 saturated heterocycles. The zero-order valence-corrected chi connectivity index (χ0v) is 15.4. The Morgan fingerprint density at radius 3 is 2.73 bits per heavy atom. The minimum absolute atomic E-state index is 0.145. The molecule has 1 atom stereocenters. The standard InChI is InChI=1S/C19H20ClN3O3/c1-12(10-14-5-7-15(20)8-6-14)19(25)23-9-3-4-16(23)18(24)21-17-11-13(2)26-22-17/h5-8,10-11,16H,3-4,9H2,1-2H3,(H,21,22,24)/b12-10+/t16-/m0/s1. The van der Waals surface area contributed by atoms with Crippen LogP contribution in [0.25, 0.3) is 6.08 Å². The number of halogens is 1. The van der Waals surface area contributed by atoms with Crippen LogP contribution in [-0.2, 0) is 9.59 Å². The number of carbonyl (C=O) groups is 2. The quantitative estimate of drug-likeness (QED) is 0.829. The summed E-state index contributed by atoms with van der Waals surface area (Å²) >= 11 is 5.88. The van der Waals surface area contributed by atoms with E-state index in [4.69, 9.17) is 16.1 Å². The van der Waals surface area contributed by atoms with Gasteiger partial charge in [0.1, 0.15) is 11.8 Å². The molecule has 1 aliphatic heterocycles. The van der Waals surface area contributed by atoms with Crippen molar-refractivity contribution in [2.75, 3.05) is 11.9 Å². The molecular weight excluding hydrogens is 354 g/mol. The molecule has 0 unspecified atom stereocenters. The van der Waals surface area contributed by atoms with Crippen molar-refractivity contribution in [3.8, 4) is 0 Å². The van der Waals surface area contributed by atoms with Crippen molar-refractivity contribution in [3.05, 3.63) is 52.3 Å². The van der Waals surface area contributed by atoms with Crippen LogP contribution in [0.4, 0.5) is 5.82 Å². The van der Waals surface area contributed by atoms with E-state index in [2.05, 4.69) is 10.5 Å². The van der Waals surface area contributed by atoms with Gasteiger partial charge in [-0.3, -0.25) is 9.59 Å². The highest BCUT2D eigenvalue weighted by molar-refractivity contribution is 6.30. The number of carbonyl (C=O) groups excluding carboxylic acids is 2. The summed E-state index contributed by atoms with van der Waals surface area (Å²) in [6, 6.07) is 8.38. The molecule has 0 radical (unpaired) electrons. The smallest absolute Gasteiger partial charge is 0.250 e. The normalized spacial score (nSPS) is 17.4. The minimum Gasteiger partial charge on any atom is -0.360 e. The third-order valence-corrected chi connectivity index (χ3v) is 4.54. The van der Waals surface area contributed by atoms with E-state index >= 15 is 0 Å². The Hall–Kier alpha value is -2.60. The average molecular weight is 374 g/mol. The van der Waals surface area contributed by atoms with Gasteiger partial charge in [0.05, 0.1) is 0 Å². The lowest BCUT2D eigenvalue weighted by Crippen LogP contribution is -2.43. The number of aromatic nitrogens is 1. The predicted molar refractivity (Wildman–Crippen MR) is 99.7 cm³/mol. The highest BCUT2D eigenvalue weighted by Gasteiger charge is 2.34. The minimum atomic E-state index is -0.506. The average Bonchev–Trinajstić information content (AvgIpc) is 3.25. The van der Waals surface area contributed by atoms with E-state index < -0.39 is 6.04 Å². The van der Waals surface area contributed by atoms with Crippen molar-refractivity contribution in [1.29, 1.82) is 0 Å². The molecule has 6 nitrogen and oxygen atoms in total. The first-order chi connectivity index (χ1) is 12.4.